The molecule has 0 fully saturated rings. The first-order chi connectivity index (χ1) is 14.1. The smallest absolute Gasteiger partial charge is 0.413 e. The molecule has 156 valence electrons. The van der Waals surface area contributed by atoms with Crippen molar-refractivity contribution in [1.82, 2.24) is 15.2 Å². The number of carbonyl (C=O) groups excluding carboxylic acids is 1. The maximum Gasteiger partial charge on any atom is 0.413 e. The maximum absolute atomic E-state index is 14.1. The number of aromatic amines is 1. The highest BCUT2D eigenvalue weighted by Gasteiger charge is 2.17. The summed E-state index contributed by atoms with van der Waals surface area (Å²) >= 11 is 5.93. The number of benzene rings is 1. The lowest BCUT2D eigenvalue weighted by Gasteiger charge is -2.19. The summed E-state index contributed by atoms with van der Waals surface area (Å²) in [5.41, 5.74) is -0.253. The first-order valence-corrected chi connectivity index (χ1v) is 9.27. The molecule has 2 aromatic heterocycles. The lowest BCUT2D eigenvalue weighted by Crippen LogP contribution is -2.27. The topological polar surface area (TPSA) is 109 Å². The molecule has 3 rings (SSSR count). The molecule has 0 saturated heterocycles. The van der Waals surface area contributed by atoms with Crippen molar-refractivity contribution in [2.24, 2.45) is 0 Å². The molecule has 3 aromatic rings. The van der Waals surface area contributed by atoms with E-state index < -0.39 is 23.1 Å². The Morgan fingerprint density at radius 2 is 1.97 bits per heavy atom. The Hall–Kier alpha value is -3.46. The van der Waals surface area contributed by atoms with Gasteiger partial charge in [-0.25, -0.2) is 19.3 Å². The molecule has 8 nitrogen and oxygen atoms in total. The second-order valence-electron chi connectivity index (χ2n) is 7.30. The number of aromatic nitrogens is 3. The Morgan fingerprint density at radius 3 is 2.70 bits per heavy atom. The molecule has 0 aliphatic heterocycles. The number of anilines is 3. The molecule has 2 heterocycles. The number of pyridine rings is 1. The molecule has 1 aromatic carbocycles. The van der Waals surface area contributed by atoms with Gasteiger partial charge in [-0.1, -0.05) is 11.6 Å². The molecule has 0 radical (unpaired) electrons. The quantitative estimate of drug-likeness (QED) is 0.551. The minimum absolute atomic E-state index is 0.119. The van der Waals surface area contributed by atoms with Crippen LogP contribution in [0.2, 0.25) is 5.02 Å². The van der Waals surface area contributed by atoms with Gasteiger partial charge in [0.15, 0.2) is 0 Å². The number of nitrogens with zero attached hydrogens (tertiary/aromatic N) is 2. The Morgan fingerprint density at radius 1 is 1.20 bits per heavy atom. The number of carbonyl (C=O) groups is 1. The normalized spacial score (nSPS) is 11.1. The van der Waals surface area contributed by atoms with Gasteiger partial charge in [0.05, 0.1) is 5.69 Å². The fourth-order valence-electron chi connectivity index (χ4n) is 2.47. The summed E-state index contributed by atoms with van der Waals surface area (Å²) in [7, 11) is 0. The molecule has 30 heavy (non-hydrogen) atoms. The zero-order valence-corrected chi connectivity index (χ0v) is 17.2. The number of hydrogen-bond donors (Lipinski definition) is 3. The molecular weight excluding hydrogens is 413 g/mol. The van der Waals surface area contributed by atoms with Crippen LogP contribution in [0.3, 0.4) is 0 Å². The summed E-state index contributed by atoms with van der Waals surface area (Å²) in [5.74, 6) is -0.307. The van der Waals surface area contributed by atoms with Crippen molar-refractivity contribution >= 4 is 34.9 Å². The van der Waals surface area contributed by atoms with Gasteiger partial charge in [0.25, 0.3) is 5.56 Å². The Bertz CT molecular complexity index is 1140. The largest absolute Gasteiger partial charge is 0.444 e. The molecule has 0 unspecified atom stereocenters. The summed E-state index contributed by atoms with van der Waals surface area (Å²) in [4.78, 5) is 28.1. The van der Waals surface area contributed by atoms with Crippen LogP contribution >= 0.6 is 11.6 Å². The number of H-pyrrole nitrogens is 1. The van der Waals surface area contributed by atoms with Crippen molar-refractivity contribution in [2.45, 2.75) is 26.4 Å². The van der Waals surface area contributed by atoms with Gasteiger partial charge in [-0.3, -0.25) is 10.1 Å². The van der Waals surface area contributed by atoms with Crippen LogP contribution < -0.4 is 16.2 Å². The lowest BCUT2D eigenvalue weighted by atomic mass is 10.1. The Kier molecular flexibility index (Phi) is 6.02. The number of ether oxygens (including phenoxy) is 1. The minimum Gasteiger partial charge on any atom is -0.444 e. The van der Waals surface area contributed by atoms with Crippen molar-refractivity contribution in [3.8, 4) is 11.3 Å². The van der Waals surface area contributed by atoms with Gasteiger partial charge in [-0.2, -0.15) is 5.10 Å². The first kappa shape index (κ1) is 21.3. The van der Waals surface area contributed by atoms with Crippen LogP contribution in [-0.4, -0.2) is 26.9 Å². The molecule has 0 aliphatic rings. The van der Waals surface area contributed by atoms with E-state index in [0.29, 0.717) is 10.7 Å². The fraction of sp³-hybridized carbons (Fsp3) is 0.200. The van der Waals surface area contributed by atoms with E-state index in [1.54, 1.807) is 26.8 Å². The Balaban J connectivity index is 1.84. The summed E-state index contributed by atoms with van der Waals surface area (Å²) in [6.45, 7) is 5.23. The second-order valence-corrected chi connectivity index (χ2v) is 7.74. The van der Waals surface area contributed by atoms with Gasteiger partial charge in [0.2, 0.25) is 0 Å². The number of hydrogen-bond acceptors (Lipinski definition) is 6. The average molecular weight is 432 g/mol. The van der Waals surface area contributed by atoms with Crippen molar-refractivity contribution in [3.63, 3.8) is 0 Å². The third-order valence-electron chi connectivity index (χ3n) is 3.68. The van der Waals surface area contributed by atoms with E-state index in [-0.39, 0.29) is 22.8 Å². The predicted molar refractivity (Wildman–Crippen MR) is 113 cm³/mol. The second kappa shape index (κ2) is 8.50. The minimum atomic E-state index is -0.660. The van der Waals surface area contributed by atoms with Crippen LogP contribution in [0.4, 0.5) is 26.4 Å². The Labute approximate surface area is 176 Å². The highest BCUT2D eigenvalue weighted by molar-refractivity contribution is 6.30. The van der Waals surface area contributed by atoms with Crippen LogP contribution in [0, 0.1) is 5.82 Å². The molecule has 1 amide bonds. The van der Waals surface area contributed by atoms with E-state index >= 15 is 0 Å². The summed E-state index contributed by atoms with van der Waals surface area (Å²) in [5, 5.41) is 12.0. The monoisotopic (exact) mass is 431 g/mol. The van der Waals surface area contributed by atoms with Gasteiger partial charge >= 0.3 is 6.09 Å². The third kappa shape index (κ3) is 5.54. The van der Waals surface area contributed by atoms with Gasteiger partial charge in [0, 0.05) is 28.5 Å². The number of nitrogens with one attached hydrogen (secondary N) is 3. The van der Waals surface area contributed by atoms with Crippen LogP contribution in [0.1, 0.15) is 20.8 Å². The van der Waals surface area contributed by atoms with Crippen LogP contribution in [-0.2, 0) is 4.74 Å². The van der Waals surface area contributed by atoms with E-state index in [1.165, 1.54) is 36.5 Å². The molecule has 0 spiro atoms. The van der Waals surface area contributed by atoms with Crippen molar-refractivity contribution in [1.29, 1.82) is 0 Å². The lowest BCUT2D eigenvalue weighted by molar-refractivity contribution is 0.0635. The van der Waals surface area contributed by atoms with Gasteiger partial charge < -0.3 is 10.1 Å². The maximum atomic E-state index is 14.1. The number of amides is 1. The SMILES string of the molecule is CC(C)(C)OC(=O)Nc1cc(Nc2cc(-c3cc(Cl)ccc3F)n[nH]c2=O)ccn1. The molecule has 0 aliphatic carbocycles. The summed E-state index contributed by atoms with van der Waals surface area (Å²) < 4.78 is 19.3. The van der Waals surface area contributed by atoms with Gasteiger partial charge in [0.1, 0.15) is 22.9 Å². The average Bonchev–Trinajstić information content (AvgIpc) is 2.64. The molecular formula is C20H19ClFN5O3. The highest BCUT2D eigenvalue weighted by Crippen LogP contribution is 2.26. The van der Waals surface area contributed by atoms with E-state index in [2.05, 4.69) is 25.8 Å². The van der Waals surface area contributed by atoms with E-state index in [9.17, 15) is 14.0 Å². The fourth-order valence-corrected chi connectivity index (χ4v) is 2.64. The number of halogens is 2. The third-order valence-corrected chi connectivity index (χ3v) is 3.91. The molecule has 0 saturated carbocycles. The molecule has 0 bridgehead atoms. The van der Waals surface area contributed by atoms with E-state index in [4.69, 9.17) is 16.3 Å². The number of rotatable bonds is 4. The van der Waals surface area contributed by atoms with E-state index in [0.717, 1.165) is 0 Å². The van der Waals surface area contributed by atoms with Gasteiger partial charge in [-0.05, 0) is 51.1 Å². The molecule has 0 atom stereocenters. The standard InChI is InChI=1S/C20H19ClFN5O3/c1-20(2,3)30-19(29)25-17-9-12(6-7-23-17)24-16-10-15(26-27-18(16)28)13-8-11(21)4-5-14(13)22/h4-10H,1-3H3,(H,27,28)(H2,23,24,25,26,29). The van der Waals surface area contributed by atoms with Crippen molar-refractivity contribution < 1.29 is 13.9 Å². The summed E-state index contributed by atoms with van der Waals surface area (Å²) in [6.07, 6.45) is 0.787. The van der Waals surface area contributed by atoms with Gasteiger partial charge in [-0.15, -0.1) is 0 Å². The van der Waals surface area contributed by atoms with E-state index in [1.807, 2.05) is 0 Å². The first-order valence-electron chi connectivity index (χ1n) is 8.89. The highest BCUT2D eigenvalue weighted by atomic mass is 35.5. The van der Waals surface area contributed by atoms with Crippen LogP contribution in [0.25, 0.3) is 11.3 Å². The summed E-state index contributed by atoms with van der Waals surface area (Å²) in [6, 6.07) is 8.56. The predicted octanol–water partition coefficient (Wildman–Crippen LogP) is 4.72. The van der Waals surface area contributed by atoms with Crippen LogP contribution in [0.15, 0.2) is 47.4 Å². The van der Waals surface area contributed by atoms with Crippen molar-refractivity contribution in [3.05, 3.63) is 63.8 Å². The van der Waals surface area contributed by atoms with Crippen LogP contribution in [0.5, 0.6) is 0 Å². The molecule has 10 heteroatoms. The van der Waals surface area contributed by atoms with Crippen molar-refractivity contribution in [2.75, 3.05) is 10.6 Å². The zero-order chi connectivity index (χ0) is 21.9. The zero-order valence-electron chi connectivity index (χ0n) is 16.4. The molecule has 3 N–H and O–H groups in total.